The molecule has 0 radical (unpaired) electrons. The average Bonchev–Trinajstić information content (AvgIpc) is 2.04. The Balaban J connectivity index is 3.35. The SMILES string of the molecule is CNc1c(Cl)ccc([N+](=O)[O-])c1C. The van der Waals surface area contributed by atoms with Crippen LogP contribution in [0.25, 0.3) is 0 Å². The number of nitro groups is 1. The first kappa shape index (κ1) is 9.80. The molecule has 0 amide bonds. The molecule has 0 aliphatic carbocycles. The van der Waals surface area contributed by atoms with Crippen molar-refractivity contribution in [1.82, 2.24) is 0 Å². The molecule has 13 heavy (non-hydrogen) atoms. The van der Waals surface area contributed by atoms with Crippen molar-refractivity contribution in [2.45, 2.75) is 6.92 Å². The number of halogens is 1. The van der Waals surface area contributed by atoms with Crippen molar-refractivity contribution in [3.8, 4) is 0 Å². The lowest BCUT2D eigenvalue weighted by atomic mass is 10.1. The zero-order valence-corrected chi connectivity index (χ0v) is 8.05. The molecule has 0 aliphatic rings. The average molecular weight is 201 g/mol. The van der Waals surface area contributed by atoms with Gasteiger partial charge in [-0.25, -0.2) is 0 Å². The minimum Gasteiger partial charge on any atom is -0.386 e. The van der Waals surface area contributed by atoms with Crippen molar-refractivity contribution >= 4 is 23.0 Å². The summed E-state index contributed by atoms with van der Waals surface area (Å²) in [5.41, 5.74) is 1.24. The number of hydrogen-bond donors (Lipinski definition) is 1. The van der Waals surface area contributed by atoms with E-state index in [-0.39, 0.29) is 5.69 Å². The van der Waals surface area contributed by atoms with Crippen molar-refractivity contribution in [2.75, 3.05) is 12.4 Å². The molecule has 0 bridgehead atoms. The van der Waals surface area contributed by atoms with Crippen LogP contribution in [0.2, 0.25) is 5.02 Å². The first-order chi connectivity index (χ1) is 6.07. The summed E-state index contributed by atoms with van der Waals surface area (Å²) in [7, 11) is 1.68. The van der Waals surface area contributed by atoms with E-state index in [1.807, 2.05) is 0 Å². The molecule has 0 fully saturated rings. The molecule has 0 spiro atoms. The Hall–Kier alpha value is -1.29. The lowest BCUT2D eigenvalue weighted by Crippen LogP contribution is -1.97. The molecule has 0 atom stereocenters. The van der Waals surface area contributed by atoms with Crippen LogP contribution in [0.15, 0.2) is 12.1 Å². The van der Waals surface area contributed by atoms with Gasteiger partial charge in [0.25, 0.3) is 5.69 Å². The molecule has 4 nitrogen and oxygen atoms in total. The van der Waals surface area contributed by atoms with Crippen LogP contribution in [0.1, 0.15) is 5.56 Å². The molecule has 1 N–H and O–H groups in total. The van der Waals surface area contributed by atoms with E-state index in [0.717, 1.165) is 0 Å². The Morgan fingerprint density at radius 1 is 1.54 bits per heavy atom. The zero-order valence-electron chi connectivity index (χ0n) is 7.30. The molecule has 1 aromatic carbocycles. The van der Waals surface area contributed by atoms with Crippen LogP contribution in [0.5, 0.6) is 0 Å². The second kappa shape index (κ2) is 3.62. The largest absolute Gasteiger partial charge is 0.386 e. The van der Waals surface area contributed by atoms with E-state index in [2.05, 4.69) is 5.32 Å². The van der Waals surface area contributed by atoms with E-state index in [1.165, 1.54) is 12.1 Å². The Labute approximate surface area is 80.7 Å². The molecule has 0 saturated heterocycles. The highest BCUT2D eigenvalue weighted by atomic mass is 35.5. The topological polar surface area (TPSA) is 55.2 Å². The molecule has 0 unspecified atom stereocenters. The maximum Gasteiger partial charge on any atom is 0.274 e. The molecular formula is C8H9ClN2O2. The number of nitro benzene ring substituents is 1. The van der Waals surface area contributed by atoms with Crippen LogP contribution >= 0.6 is 11.6 Å². The number of nitrogens with one attached hydrogen (secondary N) is 1. The third-order valence-corrected chi connectivity index (χ3v) is 2.15. The zero-order chi connectivity index (χ0) is 10.0. The fraction of sp³-hybridized carbons (Fsp3) is 0.250. The van der Waals surface area contributed by atoms with Gasteiger partial charge in [0.05, 0.1) is 21.2 Å². The highest BCUT2D eigenvalue weighted by molar-refractivity contribution is 6.33. The van der Waals surface area contributed by atoms with Crippen LogP contribution in [-0.2, 0) is 0 Å². The predicted molar refractivity (Wildman–Crippen MR) is 52.4 cm³/mol. The van der Waals surface area contributed by atoms with Crippen molar-refractivity contribution < 1.29 is 4.92 Å². The van der Waals surface area contributed by atoms with Crippen LogP contribution in [0, 0.1) is 17.0 Å². The molecular weight excluding hydrogens is 192 g/mol. The van der Waals surface area contributed by atoms with Crippen LogP contribution in [0.3, 0.4) is 0 Å². The molecule has 0 aliphatic heterocycles. The normalized spacial score (nSPS) is 9.77. The van der Waals surface area contributed by atoms with Gasteiger partial charge in [0.1, 0.15) is 0 Å². The first-order valence-corrected chi connectivity index (χ1v) is 4.07. The number of hydrogen-bond acceptors (Lipinski definition) is 3. The Morgan fingerprint density at radius 2 is 2.15 bits per heavy atom. The molecule has 1 aromatic rings. The van der Waals surface area contributed by atoms with E-state index >= 15 is 0 Å². The lowest BCUT2D eigenvalue weighted by molar-refractivity contribution is -0.385. The van der Waals surface area contributed by atoms with Gasteiger partial charge < -0.3 is 5.32 Å². The van der Waals surface area contributed by atoms with E-state index < -0.39 is 4.92 Å². The standard InChI is InChI=1S/C8H9ClN2O2/c1-5-7(11(12)13)4-3-6(9)8(5)10-2/h3-4,10H,1-2H3. The summed E-state index contributed by atoms with van der Waals surface area (Å²) in [5.74, 6) is 0. The summed E-state index contributed by atoms with van der Waals surface area (Å²) in [5, 5.41) is 13.8. The van der Waals surface area contributed by atoms with E-state index in [4.69, 9.17) is 11.6 Å². The molecule has 70 valence electrons. The third kappa shape index (κ3) is 1.72. The van der Waals surface area contributed by atoms with Crippen LogP contribution < -0.4 is 5.32 Å². The molecule has 0 saturated carbocycles. The maximum absolute atomic E-state index is 10.5. The predicted octanol–water partition coefficient (Wildman–Crippen LogP) is 2.60. The second-order valence-electron chi connectivity index (χ2n) is 2.57. The Kier molecular flexibility index (Phi) is 2.72. The quantitative estimate of drug-likeness (QED) is 0.590. The Bertz CT molecular complexity index is 352. The highest BCUT2D eigenvalue weighted by Gasteiger charge is 2.15. The van der Waals surface area contributed by atoms with Gasteiger partial charge in [-0.15, -0.1) is 0 Å². The smallest absolute Gasteiger partial charge is 0.274 e. The molecule has 1 rings (SSSR count). The summed E-state index contributed by atoms with van der Waals surface area (Å²) < 4.78 is 0. The number of anilines is 1. The monoisotopic (exact) mass is 200 g/mol. The van der Waals surface area contributed by atoms with Crippen molar-refractivity contribution in [2.24, 2.45) is 0 Å². The van der Waals surface area contributed by atoms with Gasteiger partial charge in [0.2, 0.25) is 0 Å². The van der Waals surface area contributed by atoms with E-state index in [0.29, 0.717) is 16.3 Å². The molecule has 5 heteroatoms. The Morgan fingerprint density at radius 3 is 2.62 bits per heavy atom. The minimum absolute atomic E-state index is 0.0775. The lowest BCUT2D eigenvalue weighted by Gasteiger charge is -2.06. The van der Waals surface area contributed by atoms with Gasteiger partial charge >= 0.3 is 0 Å². The van der Waals surface area contributed by atoms with Crippen molar-refractivity contribution in [3.63, 3.8) is 0 Å². The van der Waals surface area contributed by atoms with E-state index in [9.17, 15) is 10.1 Å². The fourth-order valence-electron chi connectivity index (χ4n) is 1.17. The maximum atomic E-state index is 10.5. The summed E-state index contributed by atoms with van der Waals surface area (Å²) in [4.78, 5) is 10.1. The summed E-state index contributed by atoms with van der Waals surface area (Å²) in [6.07, 6.45) is 0. The van der Waals surface area contributed by atoms with Gasteiger partial charge in [0, 0.05) is 13.1 Å². The highest BCUT2D eigenvalue weighted by Crippen LogP contribution is 2.31. The van der Waals surface area contributed by atoms with Crippen molar-refractivity contribution in [3.05, 3.63) is 32.8 Å². The summed E-state index contributed by atoms with van der Waals surface area (Å²) in [6, 6.07) is 2.91. The third-order valence-electron chi connectivity index (χ3n) is 1.83. The molecule has 0 aromatic heterocycles. The number of benzene rings is 1. The summed E-state index contributed by atoms with van der Waals surface area (Å²) in [6.45, 7) is 1.66. The molecule has 0 heterocycles. The summed E-state index contributed by atoms with van der Waals surface area (Å²) >= 11 is 5.82. The van der Waals surface area contributed by atoms with E-state index in [1.54, 1.807) is 14.0 Å². The first-order valence-electron chi connectivity index (χ1n) is 3.69. The number of rotatable bonds is 2. The second-order valence-corrected chi connectivity index (χ2v) is 2.98. The van der Waals surface area contributed by atoms with Crippen molar-refractivity contribution in [1.29, 1.82) is 0 Å². The van der Waals surface area contributed by atoms with Gasteiger partial charge in [-0.1, -0.05) is 11.6 Å². The van der Waals surface area contributed by atoms with Crippen LogP contribution in [0.4, 0.5) is 11.4 Å². The van der Waals surface area contributed by atoms with Gasteiger partial charge in [0.15, 0.2) is 0 Å². The van der Waals surface area contributed by atoms with Crippen LogP contribution in [-0.4, -0.2) is 12.0 Å². The fourth-order valence-corrected chi connectivity index (χ4v) is 1.47. The van der Waals surface area contributed by atoms with Gasteiger partial charge in [-0.05, 0) is 13.0 Å². The number of nitrogens with zero attached hydrogens (tertiary/aromatic N) is 1. The van der Waals surface area contributed by atoms with Gasteiger partial charge in [-0.3, -0.25) is 10.1 Å². The van der Waals surface area contributed by atoms with Gasteiger partial charge in [-0.2, -0.15) is 0 Å². The minimum atomic E-state index is -0.424.